The molecule has 0 spiro atoms. The lowest BCUT2D eigenvalue weighted by Gasteiger charge is -2.34. The molecule has 5 aromatic rings. The van der Waals surface area contributed by atoms with Gasteiger partial charge in [-0.15, -0.1) is 11.3 Å². The van der Waals surface area contributed by atoms with Crippen molar-refractivity contribution in [2.45, 2.75) is 83.5 Å². The maximum absolute atomic E-state index is 11.4. The smallest absolute Gasteiger partial charge is 0.346 e. The lowest BCUT2D eigenvalue weighted by atomic mass is 9.70. The molecule has 4 aromatic carbocycles. The maximum atomic E-state index is 11.4. The lowest BCUT2D eigenvalue weighted by molar-refractivity contribution is -0.132. The number of nitrogens with zero attached hydrogens (tertiary/aromatic N) is 2. The van der Waals surface area contributed by atoms with E-state index in [0.717, 1.165) is 39.5 Å². The Morgan fingerprint density at radius 2 is 1.27 bits per heavy atom. The van der Waals surface area contributed by atoms with Gasteiger partial charge in [0.25, 0.3) is 0 Å². The van der Waals surface area contributed by atoms with Crippen LogP contribution >= 0.6 is 11.3 Å². The molecular weight excluding hydrogens is 657 g/mol. The van der Waals surface area contributed by atoms with Crippen molar-refractivity contribution < 1.29 is 9.90 Å². The fraction of sp³-hybridized carbons (Fsp3) is 0.277. The number of fused-ring (bicyclic) bond motifs is 3. The van der Waals surface area contributed by atoms with Gasteiger partial charge in [-0.25, -0.2) is 4.79 Å². The van der Waals surface area contributed by atoms with Crippen LogP contribution in [0.3, 0.4) is 0 Å². The van der Waals surface area contributed by atoms with E-state index >= 15 is 0 Å². The lowest BCUT2D eigenvalue weighted by Crippen LogP contribution is -2.26. The number of carbonyl (C=O) groups is 1. The van der Waals surface area contributed by atoms with E-state index < -0.39 is 5.97 Å². The molecule has 0 radical (unpaired) electrons. The summed E-state index contributed by atoms with van der Waals surface area (Å²) in [6.07, 6.45) is 17.7. The van der Waals surface area contributed by atoms with Crippen LogP contribution in [-0.4, -0.2) is 11.1 Å². The third-order valence-electron chi connectivity index (χ3n) is 10.3. The Balaban J connectivity index is 1.44. The topological polar surface area (TPSA) is 64.3 Å². The van der Waals surface area contributed by atoms with E-state index in [1.54, 1.807) is 6.07 Å². The number of nitriles is 1. The van der Waals surface area contributed by atoms with Crippen LogP contribution in [0.1, 0.15) is 105 Å². The highest BCUT2D eigenvalue weighted by molar-refractivity contribution is 7.13. The molecule has 0 saturated carbocycles. The van der Waals surface area contributed by atoms with Gasteiger partial charge in [-0.1, -0.05) is 132 Å². The van der Waals surface area contributed by atoms with Gasteiger partial charge in [-0.3, -0.25) is 0 Å². The molecule has 0 bridgehead atoms. The molecule has 5 heteroatoms. The van der Waals surface area contributed by atoms with Crippen LogP contribution in [-0.2, 0) is 10.2 Å². The van der Waals surface area contributed by atoms with Crippen molar-refractivity contribution in [3.63, 3.8) is 0 Å². The molecule has 0 saturated heterocycles. The van der Waals surface area contributed by atoms with E-state index in [1.165, 1.54) is 96.7 Å². The third-order valence-corrected chi connectivity index (χ3v) is 11.3. The Bertz CT molecular complexity index is 2020. The van der Waals surface area contributed by atoms with Gasteiger partial charge >= 0.3 is 5.97 Å². The molecule has 1 N–H and O–H groups in total. The molecule has 52 heavy (non-hydrogen) atoms. The molecule has 0 fully saturated rings. The number of aliphatic carboxylic acids is 1. The Hall–Kier alpha value is -5.18. The Morgan fingerprint density at radius 3 is 1.85 bits per heavy atom. The maximum Gasteiger partial charge on any atom is 0.346 e. The number of carboxylic acid groups (broad SMARTS) is 1. The Labute approximate surface area is 313 Å². The zero-order valence-electron chi connectivity index (χ0n) is 30.4. The number of carboxylic acids is 1. The quantitative estimate of drug-likeness (QED) is 0.0594. The van der Waals surface area contributed by atoms with Crippen LogP contribution in [0, 0.1) is 11.3 Å². The predicted molar refractivity (Wildman–Crippen MR) is 219 cm³/mol. The SMILES string of the molecule is CCCCCCC1(CCCCCC)c2cc(/C=C/c3ccc(/C=C(\C#N)C(=O)O)s3)ccc2-c2ccc(N(c3ccccc3)c3ccccc3)cc21. The van der Waals surface area contributed by atoms with Gasteiger partial charge in [0, 0.05) is 32.2 Å². The summed E-state index contributed by atoms with van der Waals surface area (Å²) in [6.45, 7) is 4.57. The summed E-state index contributed by atoms with van der Waals surface area (Å²) < 4.78 is 0. The average Bonchev–Trinajstić information content (AvgIpc) is 3.74. The molecule has 0 aliphatic heterocycles. The van der Waals surface area contributed by atoms with Crippen molar-refractivity contribution in [1.29, 1.82) is 5.26 Å². The summed E-state index contributed by atoms with van der Waals surface area (Å²) in [4.78, 5) is 15.5. The van der Waals surface area contributed by atoms with E-state index in [1.807, 2.05) is 12.1 Å². The average molecular weight is 705 g/mol. The number of thiophene rings is 1. The van der Waals surface area contributed by atoms with Crippen molar-refractivity contribution in [1.82, 2.24) is 0 Å². The minimum atomic E-state index is -1.21. The van der Waals surface area contributed by atoms with Crippen LogP contribution in [0.25, 0.3) is 29.4 Å². The fourth-order valence-corrected chi connectivity index (χ4v) is 8.57. The van der Waals surface area contributed by atoms with Crippen LogP contribution < -0.4 is 4.90 Å². The first-order chi connectivity index (χ1) is 25.5. The summed E-state index contributed by atoms with van der Waals surface area (Å²) in [5.74, 6) is -1.21. The van der Waals surface area contributed by atoms with Gasteiger partial charge in [0.15, 0.2) is 0 Å². The molecular formula is C47H48N2O2S. The number of anilines is 3. The number of para-hydroxylation sites is 2. The Morgan fingerprint density at radius 1 is 0.692 bits per heavy atom. The normalized spacial score (nSPS) is 13.1. The summed E-state index contributed by atoms with van der Waals surface area (Å²) in [5.41, 5.74) is 9.87. The van der Waals surface area contributed by atoms with Crippen molar-refractivity contribution >= 4 is 52.6 Å². The van der Waals surface area contributed by atoms with Gasteiger partial charge in [-0.05, 0) is 101 Å². The number of rotatable bonds is 17. The first-order valence-corrected chi connectivity index (χ1v) is 19.6. The van der Waals surface area contributed by atoms with Crippen molar-refractivity contribution in [2.75, 3.05) is 4.90 Å². The fourth-order valence-electron chi connectivity index (χ4n) is 7.71. The second-order valence-corrected chi connectivity index (χ2v) is 14.9. The summed E-state index contributed by atoms with van der Waals surface area (Å²) in [6, 6.07) is 41.1. The number of benzene rings is 4. The molecule has 1 aromatic heterocycles. The molecule has 0 atom stereocenters. The van der Waals surface area contributed by atoms with Crippen molar-refractivity contribution in [3.05, 3.63) is 141 Å². The highest BCUT2D eigenvalue weighted by atomic mass is 32.1. The van der Waals surface area contributed by atoms with Crippen LogP contribution in [0.2, 0.25) is 0 Å². The molecule has 1 aliphatic rings. The molecule has 1 aliphatic carbocycles. The van der Waals surface area contributed by atoms with Gasteiger partial charge < -0.3 is 10.0 Å². The van der Waals surface area contributed by atoms with Crippen LogP contribution in [0.4, 0.5) is 17.1 Å². The minimum absolute atomic E-state index is 0.0868. The number of hydrogen-bond acceptors (Lipinski definition) is 4. The van der Waals surface area contributed by atoms with Gasteiger partial charge in [0.2, 0.25) is 0 Å². The summed E-state index contributed by atoms with van der Waals surface area (Å²) in [7, 11) is 0. The van der Waals surface area contributed by atoms with Gasteiger partial charge in [-0.2, -0.15) is 5.26 Å². The van der Waals surface area contributed by atoms with Crippen LogP contribution in [0.5, 0.6) is 0 Å². The largest absolute Gasteiger partial charge is 0.477 e. The molecule has 1 heterocycles. The van der Waals surface area contributed by atoms with E-state index in [4.69, 9.17) is 0 Å². The zero-order valence-corrected chi connectivity index (χ0v) is 31.2. The van der Waals surface area contributed by atoms with E-state index in [9.17, 15) is 15.2 Å². The molecule has 6 rings (SSSR count). The molecule has 264 valence electrons. The molecule has 4 nitrogen and oxygen atoms in total. The predicted octanol–water partition coefficient (Wildman–Crippen LogP) is 13.6. The minimum Gasteiger partial charge on any atom is -0.477 e. The van der Waals surface area contributed by atoms with E-state index in [2.05, 4.69) is 128 Å². The standard InChI is InChI=1S/C47H48N2O2S/c1-3-5-7-15-29-47(30-16-8-6-4-2)44-31-35(21-24-40-25-26-41(52-40)32-36(34-48)46(50)51)22-27-42(44)43-28-23-39(33-45(43)47)49(37-17-11-9-12-18-37)38-19-13-10-14-20-38/h9-14,17-28,31-33H,3-8,15-16,29-30H2,1-2H3,(H,50,51)/b24-21+,36-32+. The summed E-state index contributed by atoms with van der Waals surface area (Å²) >= 11 is 1.48. The second kappa shape index (κ2) is 17.4. The van der Waals surface area contributed by atoms with E-state index in [0.29, 0.717) is 0 Å². The van der Waals surface area contributed by atoms with E-state index in [-0.39, 0.29) is 11.0 Å². The van der Waals surface area contributed by atoms with Gasteiger partial charge in [0.05, 0.1) is 0 Å². The van der Waals surface area contributed by atoms with Crippen molar-refractivity contribution in [3.8, 4) is 17.2 Å². The van der Waals surface area contributed by atoms with Crippen molar-refractivity contribution in [2.24, 2.45) is 0 Å². The summed E-state index contributed by atoms with van der Waals surface area (Å²) in [5, 5.41) is 18.5. The highest BCUT2D eigenvalue weighted by Crippen LogP contribution is 2.56. The van der Waals surface area contributed by atoms with Gasteiger partial charge in [0.1, 0.15) is 11.6 Å². The Kier molecular flexibility index (Phi) is 12.2. The molecule has 0 unspecified atom stereocenters. The number of hydrogen-bond donors (Lipinski definition) is 1. The second-order valence-electron chi connectivity index (χ2n) is 13.8. The first-order valence-electron chi connectivity index (χ1n) is 18.8. The zero-order chi connectivity index (χ0) is 36.3. The first kappa shape index (κ1) is 36.6. The monoisotopic (exact) mass is 704 g/mol. The molecule has 0 amide bonds. The highest BCUT2D eigenvalue weighted by Gasteiger charge is 2.42. The number of unbranched alkanes of at least 4 members (excludes halogenated alkanes) is 6. The van der Waals surface area contributed by atoms with Crippen LogP contribution in [0.15, 0.2) is 115 Å². The third kappa shape index (κ3) is 8.14.